The topological polar surface area (TPSA) is 97.9 Å². The van der Waals surface area contributed by atoms with Crippen LogP contribution in [0.5, 0.6) is 0 Å². The summed E-state index contributed by atoms with van der Waals surface area (Å²) in [5, 5.41) is 8.14. The Balaban J connectivity index is 1.26. The number of fused-ring (bicyclic) bond motifs is 1. The third-order valence-electron chi connectivity index (χ3n) is 5.96. The molecule has 32 heavy (non-hydrogen) atoms. The molecule has 1 aromatic rings. The highest BCUT2D eigenvalue weighted by Crippen LogP contribution is 2.31. The van der Waals surface area contributed by atoms with E-state index in [0.717, 1.165) is 37.8 Å². The Morgan fingerprint density at radius 3 is 2.50 bits per heavy atom. The fraction of sp³-hybridized carbons (Fsp3) is 0.619. The van der Waals surface area contributed by atoms with Crippen LogP contribution >= 0.6 is 0 Å². The van der Waals surface area contributed by atoms with E-state index in [1.165, 1.54) is 18.6 Å². The molecule has 0 aromatic heterocycles. The summed E-state index contributed by atoms with van der Waals surface area (Å²) in [7, 11) is 0. The van der Waals surface area contributed by atoms with Gasteiger partial charge in [0.15, 0.2) is 6.10 Å². The maximum atomic E-state index is 12.8. The minimum Gasteiger partial charge on any atom is -0.441 e. The monoisotopic (exact) mass is 457 g/mol. The number of carbonyl (C=O) groups is 2. The number of urea groups is 1. The molecule has 1 aromatic carbocycles. The van der Waals surface area contributed by atoms with E-state index in [4.69, 9.17) is 14.2 Å². The highest BCUT2D eigenvalue weighted by Gasteiger charge is 2.50. The maximum Gasteiger partial charge on any atom is 0.416 e. The minimum atomic E-state index is -4.52. The average Bonchev–Trinajstić information content (AvgIpc) is 3.32. The third kappa shape index (κ3) is 5.44. The number of ether oxygens (including phenoxy) is 3. The van der Waals surface area contributed by atoms with Crippen LogP contribution in [0.3, 0.4) is 0 Å². The number of hydrogen-bond donors (Lipinski definition) is 3. The lowest BCUT2D eigenvalue weighted by Gasteiger charge is -2.24. The fourth-order valence-electron chi connectivity index (χ4n) is 4.39. The number of benzene rings is 1. The number of alkyl halides is 3. The Morgan fingerprint density at radius 2 is 1.75 bits per heavy atom. The average molecular weight is 457 g/mol. The number of nitrogens with one attached hydrogen (secondary N) is 3. The van der Waals surface area contributed by atoms with Crippen molar-refractivity contribution in [3.63, 3.8) is 0 Å². The van der Waals surface area contributed by atoms with Crippen molar-refractivity contribution in [2.45, 2.75) is 68.7 Å². The Bertz CT molecular complexity index is 831. The van der Waals surface area contributed by atoms with E-state index in [1.807, 2.05) is 0 Å². The molecule has 176 valence electrons. The zero-order valence-electron chi connectivity index (χ0n) is 17.3. The van der Waals surface area contributed by atoms with Gasteiger partial charge in [-0.3, -0.25) is 5.32 Å². The van der Waals surface area contributed by atoms with Crippen LogP contribution in [0.15, 0.2) is 24.3 Å². The quantitative estimate of drug-likeness (QED) is 0.644. The Hall–Kier alpha value is -2.53. The number of anilines is 1. The van der Waals surface area contributed by atoms with Crippen LogP contribution in [-0.4, -0.2) is 55.7 Å². The molecule has 2 aliphatic heterocycles. The SMILES string of the molecule is O=C(NC1CCCCC1)N[C@H]1CO[C@H]2[C@H]1OC[C@@H]2OC(=O)Nc1cccc(C(F)(F)F)c1. The molecular formula is C21H26F3N3O5. The van der Waals surface area contributed by atoms with E-state index in [1.54, 1.807) is 0 Å². The van der Waals surface area contributed by atoms with Gasteiger partial charge >= 0.3 is 18.3 Å². The zero-order valence-corrected chi connectivity index (χ0v) is 17.3. The lowest BCUT2D eigenvalue weighted by molar-refractivity contribution is -0.137. The van der Waals surface area contributed by atoms with Gasteiger partial charge in [-0.15, -0.1) is 0 Å². The molecule has 0 radical (unpaired) electrons. The van der Waals surface area contributed by atoms with Crippen molar-refractivity contribution in [3.05, 3.63) is 29.8 Å². The third-order valence-corrected chi connectivity index (χ3v) is 5.96. The lowest BCUT2D eigenvalue weighted by Crippen LogP contribution is -2.51. The van der Waals surface area contributed by atoms with Crippen LogP contribution in [0.25, 0.3) is 0 Å². The zero-order chi connectivity index (χ0) is 22.7. The molecule has 8 nitrogen and oxygen atoms in total. The van der Waals surface area contributed by atoms with Crippen LogP contribution < -0.4 is 16.0 Å². The van der Waals surface area contributed by atoms with Gasteiger partial charge in [0.05, 0.1) is 24.8 Å². The van der Waals surface area contributed by atoms with E-state index in [9.17, 15) is 22.8 Å². The Kier molecular flexibility index (Phi) is 6.75. The number of carbonyl (C=O) groups excluding carboxylic acids is 2. The molecule has 4 rings (SSSR count). The molecular weight excluding hydrogens is 431 g/mol. The fourth-order valence-corrected chi connectivity index (χ4v) is 4.39. The highest BCUT2D eigenvalue weighted by molar-refractivity contribution is 5.84. The predicted molar refractivity (Wildman–Crippen MR) is 107 cm³/mol. The number of hydrogen-bond acceptors (Lipinski definition) is 5. The van der Waals surface area contributed by atoms with Crippen molar-refractivity contribution in [2.24, 2.45) is 0 Å². The van der Waals surface area contributed by atoms with E-state index >= 15 is 0 Å². The summed E-state index contributed by atoms with van der Waals surface area (Å²) in [6.07, 6.45) is -1.87. The van der Waals surface area contributed by atoms with Gasteiger partial charge in [0.25, 0.3) is 0 Å². The first-order valence-electron chi connectivity index (χ1n) is 10.7. The van der Waals surface area contributed by atoms with Gasteiger partial charge < -0.3 is 24.8 Å². The first-order valence-corrected chi connectivity index (χ1v) is 10.7. The van der Waals surface area contributed by atoms with Crippen LogP contribution in [0.1, 0.15) is 37.7 Å². The van der Waals surface area contributed by atoms with E-state index in [-0.39, 0.29) is 37.0 Å². The molecule has 3 fully saturated rings. The van der Waals surface area contributed by atoms with Gasteiger partial charge in [-0.05, 0) is 31.0 Å². The van der Waals surface area contributed by atoms with Crippen LogP contribution in [0.4, 0.5) is 28.4 Å². The van der Waals surface area contributed by atoms with Crippen molar-refractivity contribution >= 4 is 17.8 Å². The smallest absolute Gasteiger partial charge is 0.416 e. The van der Waals surface area contributed by atoms with Crippen LogP contribution in [0.2, 0.25) is 0 Å². The van der Waals surface area contributed by atoms with Crippen LogP contribution in [-0.2, 0) is 20.4 Å². The molecule has 2 saturated heterocycles. The summed E-state index contributed by atoms with van der Waals surface area (Å²) < 4.78 is 55.2. The summed E-state index contributed by atoms with van der Waals surface area (Å²) in [5.74, 6) is 0. The summed E-state index contributed by atoms with van der Waals surface area (Å²) >= 11 is 0. The Morgan fingerprint density at radius 1 is 1.00 bits per heavy atom. The number of halogens is 3. The molecule has 2 heterocycles. The number of amides is 3. The van der Waals surface area contributed by atoms with E-state index < -0.39 is 36.1 Å². The molecule has 3 aliphatic rings. The van der Waals surface area contributed by atoms with Crippen LogP contribution in [0, 0.1) is 0 Å². The normalized spacial score (nSPS) is 28.1. The van der Waals surface area contributed by atoms with Crippen molar-refractivity contribution in [1.82, 2.24) is 10.6 Å². The van der Waals surface area contributed by atoms with Crippen molar-refractivity contribution in [2.75, 3.05) is 18.5 Å². The van der Waals surface area contributed by atoms with E-state index in [2.05, 4.69) is 16.0 Å². The lowest BCUT2D eigenvalue weighted by atomic mass is 9.96. The summed E-state index contributed by atoms with van der Waals surface area (Å²) in [4.78, 5) is 24.5. The second kappa shape index (κ2) is 9.53. The van der Waals surface area contributed by atoms with Crippen molar-refractivity contribution in [1.29, 1.82) is 0 Å². The molecule has 1 aliphatic carbocycles. The largest absolute Gasteiger partial charge is 0.441 e. The minimum absolute atomic E-state index is 0.0356. The van der Waals surface area contributed by atoms with Crippen molar-refractivity contribution in [3.8, 4) is 0 Å². The van der Waals surface area contributed by atoms with Gasteiger partial charge in [-0.2, -0.15) is 13.2 Å². The van der Waals surface area contributed by atoms with Crippen molar-refractivity contribution < 1.29 is 37.0 Å². The molecule has 0 bridgehead atoms. The second-order valence-corrected chi connectivity index (χ2v) is 8.30. The predicted octanol–water partition coefficient (Wildman–Crippen LogP) is 3.42. The number of rotatable bonds is 4. The van der Waals surface area contributed by atoms with Gasteiger partial charge in [-0.25, -0.2) is 9.59 Å². The van der Waals surface area contributed by atoms with Gasteiger partial charge in [-0.1, -0.05) is 25.3 Å². The maximum absolute atomic E-state index is 12.8. The summed E-state index contributed by atoms with van der Waals surface area (Å²) in [6, 6.07) is 3.78. The second-order valence-electron chi connectivity index (χ2n) is 8.30. The summed E-state index contributed by atoms with van der Waals surface area (Å²) in [6.45, 7) is 0.274. The van der Waals surface area contributed by atoms with Gasteiger partial charge in [0.1, 0.15) is 12.2 Å². The molecule has 0 spiro atoms. The first-order chi connectivity index (χ1) is 15.3. The molecule has 0 unspecified atom stereocenters. The van der Waals surface area contributed by atoms with Gasteiger partial charge in [0, 0.05) is 11.7 Å². The molecule has 3 N–H and O–H groups in total. The van der Waals surface area contributed by atoms with E-state index in [0.29, 0.717) is 0 Å². The first kappa shape index (κ1) is 22.7. The van der Waals surface area contributed by atoms with Gasteiger partial charge in [0.2, 0.25) is 0 Å². The molecule has 11 heteroatoms. The highest BCUT2D eigenvalue weighted by atomic mass is 19.4. The standard InChI is InChI=1S/C21H26F3N3O5/c22-21(23,24)12-5-4-8-14(9-12)26-20(29)32-16-11-31-17-15(10-30-18(16)17)27-19(28)25-13-6-2-1-3-7-13/h4-5,8-9,13,15-18H,1-3,6-7,10-11H2,(H,26,29)(H2,25,27,28)/t15-,16-,17-,18+/m0/s1. The molecule has 1 saturated carbocycles. The summed E-state index contributed by atoms with van der Waals surface area (Å²) in [5.41, 5.74) is -0.911. The molecule has 3 amide bonds. The Labute approximate surface area is 183 Å². The molecule has 4 atom stereocenters.